The molecule has 1 aromatic carbocycles. The summed E-state index contributed by atoms with van der Waals surface area (Å²) in [5, 5.41) is 7.79. The van der Waals surface area contributed by atoms with E-state index in [1.54, 1.807) is 12.3 Å². The van der Waals surface area contributed by atoms with Crippen molar-refractivity contribution >= 4 is 17.2 Å². The van der Waals surface area contributed by atoms with Crippen LogP contribution in [0, 0.1) is 12.7 Å². The van der Waals surface area contributed by atoms with Gasteiger partial charge >= 0.3 is 0 Å². The molecule has 33 heavy (non-hydrogen) atoms. The molecule has 5 rings (SSSR count). The van der Waals surface area contributed by atoms with Crippen LogP contribution in [0.3, 0.4) is 0 Å². The van der Waals surface area contributed by atoms with Gasteiger partial charge in [-0.3, -0.25) is 0 Å². The molecule has 0 unspecified atom stereocenters. The van der Waals surface area contributed by atoms with Gasteiger partial charge in [-0.2, -0.15) is 5.10 Å². The molecular weight excluding hydrogens is 415 g/mol. The molecule has 3 aromatic heterocycles. The predicted molar refractivity (Wildman–Crippen MR) is 131 cm³/mol. The Bertz CT molecular complexity index is 1240. The molecule has 0 atom stereocenters. The average molecular weight is 445 g/mol. The second-order valence-electron chi connectivity index (χ2n) is 8.57. The van der Waals surface area contributed by atoms with Crippen LogP contribution in [0.2, 0.25) is 0 Å². The number of anilines is 2. The molecule has 170 valence electrons. The molecule has 6 nitrogen and oxygen atoms in total. The lowest BCUT2D eigenvalue weighted by Crippen LogP contribution is -2.46. The van der Waals surface area contributed by atoms with Crippen LogP contribution in [0.5, 0.6) is 0 Å². The van der Waals surface area contributed by atoms with Crippen molar-refractivity contribution < 1.29 is 4.39 Å². The first kappa shape index (κ1) is 21.4. The van der Waals surface area contributed by atoms with E-state index in [0.29, 0.717) is 12.1 Å². The Morgan fingerprint density at radius 1 is 0.970 bits per heavy atom. The Kier molecular flexibility index (Phi) is 5.96. The number of likely N-dealkylation sites (N-methyl/N-ethyl adjacent to an activating group) is 1. The molecule has 0 radical (unpaired) electrons. The van der Waals surface area contributed by atoms with Crippen LogP contribution in [-0.2, 0) is 6.54 Å². The van der Waals surface area contributed by atoms with Gasteiger partial charge in [0, 0.05) is 50.0 Å². The molecule has 0 amide bonds. The van der Waals surface area contributed by atoms with E-state index in [1.165, 1.54) is 0 Å². The third kappa shape index (κ3) is 4.54. The fourth-order valence-electron chi connectivity index (χ4n) is 4.34. The van der Waals surface area contributed by atoms with Crippen LogP contribution < -0.4 is 10.2 Å². The van der Waals surface area contributed by atoms with Gasteiger partial charge in [-0.1, -0.05) is 19.1 Å². The van der Waals surface area contributed by atoms with Crippen molar-refractivity contribution in [1.29, 1.82) is 0 Å². The van der Waals surface area contributed by atoms with E-state index in [2.05, 4.69) is 45.3 Å². The summed E-state index contributed by atoms with van der Waals surface area (Å²) in [4.78, 5) is 9.56. The standard InChI is InChI=1S/C26H29FN6/c1-3-31-10-12-32(13-11-31)25-7-6-20(17-28-25)22-15-23-8-9-30-33(23)26(16-22)29-18-21-5-4-19(2)14-24(21)27/h4-9,14-17,29H,3,10-13,18H2,1-2H3. The van der Waals surface area contributed by atoms with E-state index in [4.69, 9.17) is 4.98 Å². The number of pyridine rings is 2. The fraction of sp³-hybridized carbons (Fsp3) is 0.308. The number of aromatic nitrogens is 3. The number of halogens is 1. The predicted octanol–water partition coefficient (Wildman–Crippen LogP) is 4.60. The quantitative estimate of drug-likeness (QED) is 0.471. The zero-order valence-electron chi connectivity index (χ0n) is 19.1. The number of benzene rings is 1. The summed E-state index contributed by atoms with van der Waals surface area (Å²) in [6, 6.07) is 15.7. The highest BCUT2D eigenvalue weighted by Gasteiger charge is 2.17. The Morgan fingerprint density at radius 3 is 2.55 bits per heavy atom. The summed E-state index contributed by atoms with van der Waals surface area (Å²) in [5.74, 6) is 1.63. The molecule has 1 saturated heterocycles. The van der Waals surface area contributed by atoms with Crippen molar-refractivity contribution in [2.75, 3.05) is 42.9 Å². The molecule has 0 saturated carbocycles. The van der Waals surface area contributed by atoms with E-state index in [-0.39, 0.29) is 5.82 Å². The number of aryl methyl sites for hydroxylation is 1. The molecule has 1 fully saturated rings. The van der Waals surface area contributed by atoms with E-state index in [0.717, 1.165) is 66.6 Å². The maximum atomic E-state index is 14.3. The average Bonchev–Trinajstić information content (AvgIpc) is 3.32. The maximum absolute atomic E-state index is 14.3. The normalized spacial score (nSPS) is 14.7. The number of hydrogen-bond donors (Lipinski definition) is 1. The maximum Gasteiger partial charge on any atom is 0.129 e. The van der Waals surface area contributed by atoms with Gasteiger partial charge in [0.25, 0.3) is 0 Å². The third-order valence-electron chi connectivity index (χ3n) is 6.39. The molecule has 1 N–H and O–H groups in total. The highest BCUT2D eigenvalue weighted by atomic mass is 19.1. The summed E-state index contributed by atoms with van der Waals surface area (Å²) in [7, 11) is 0. The van der Waals surface area contributed by atoms with E-state index in [9.17, 15) is 4.39 Å². The summed E-state index contributed by atoms with van der Waals surface area (Å²) in [5.41, 5.74) is 4.60. The van der Waals surface area contributed by atoms with Gasteiger partial charge in [0.2, 0.25) is 0 Å². The van der Waals surface area contributed by atoms with Gasteiger partial charge in [0.15, 0.2) is 0 Å². The first-order valence-electron chi connectivity index (χ1n) is 11.5. The van der Waals surface area contributed by atoms with Crippen molar-refractivity contribution in [3.63, 3.8) is 0 Å². The molecule has 7 heteroatoms. The highest BCUT2D eigenvalue weighted by Crippen LogP contribution is 2.27. The highest BCUT2D eigenvalue weighted by molar-refractivity contribution is 5.73. The van der Waals surface area contributed by atoms with Crippen LogP contribution in [-0.4, -0.2) is 52.2 Å². The first-order chi connectivity index (χ1) is 16.1. The summed E-state index contributed by atoms with van der Waals surface area (Å²) in [6.45, 7) is 9.75. The molecular formula is C26H29FN6. The van der Waals surface area contributed by atoms with Crippen molar-refractivity contribution in [2.45, 2.75) is 20.4 Å². The number of hydrogen-bond acceptors (Lipinski definition) is 5. The lowest BCUT2D eigenvalue weighted by molar-refractivity contribution is 0.270. The van der Waals surface area contributed by atoms with E-state index >= 15 is 0 Å². The topological polar surface area (TPSA) is 48.7 Å². The monoisotopic (exact) mass is 444 g/mol. The van der Waals surface area contributed by atoms with Crippen LogP contribution in [0.4, 0.5) is 16.0 Å². The lowest BCUT2D eigenvalue weighted by Gasteiger charge is -2.34. The molecule has 1 aliphatic rings. The van der Waals surface area contributed by atoms with Crippen LogP contribution >= 0.6 is 0 Å². The van der Waals surface area contributed by atoms with Crippen LogP contribution in [0.25, 0.3) is 16.6 Å². The minimum atomic E-state index is -0.199. The molecule has 4 heterocycles. The Balaban J connectivity index is 1.37. The summed E-state index contributed by atoms with van der Waals surface area (Å²) < 4.78 is 16.1. The molecule has 0 spiro atoms. The largest absolute Gasteiger partial charge is 0.366 e. The van der Waals surface area contributed by atoms with Gasteiger partial charge in [0.1, 0.15) is 17.5 Å². The third-order valence-corrected chi connectivity index (χ3v) is 6.39. The molecule has 4 aromatic rings. The molecule has 0 aliphatic carbocycles. The number of nitrogens with zero attached hydrogens (tertiary/aromatic N) is 5. The van der Waals surface area contributed by atoms with Crippen molar-refractivity contribution in [1.82, 2.24) is 19.5 Å². The Labute approximate surface area is 193 Å². The molecule has 0 bridgehead atoms. The summed E-state index contributed by atoms with van der Waals surface area (Å²) in [6.07, 6.45) is 3.71. The van der Waals surface area contributed by atoms with Crippen molar-refractivity contribution in [3.8, 4) is 11.1 Å². The number of nitrogens with one attached hydrogen (secondary N) is 1. The van der Waals surface area contributed by atoms with E-state index in [1.807, 2.05) is 41.9 Å². The second kappa shape index (κ2) is 9.19. The Morgan fingerprint density at radius 2 is 1.82 bits per heavy atom. The number of rotatable bonds is 6. The fourth-order valence-corrected chi connectivity index (χ4v) is 4.34. The van der Waals surface area contributed by atoms with Gasteiger partial charge < -0.3 is 15.1 Å². The Hall–Kier alpha value is -3.45. The lowest BCUT2D eigenvalue weighted by atomic mass is 10.1. The SMILES string of the molecule is CCN1CCN(c2ccc(-c3cc(NCc4ccc(C)cc4F)n4nccc4c3)cn2)CC1. The van der Waals surface area contributed by atoms with Gasteiger partial charge in [-0.05, 0) is 61.0 Å². The van der Waals surface area contributed by atoms with Gasteiger partial charge in [-0.15, -0.1) is 0 Å². The summed E-state index contributed by atoms with van der Waals surface area (Å²) >= 11 is 0. The smallest absolute Gasteiger partial charge is 0.129 e. The first-order valence-corrected chi connectivity index (χ1v) is 11.5. The minimum absolute atomic E-state index is 0.199. The zero-order chi connectivity index (χ0) is 22.8. The minimum Gasteiger partial charge on any atom is -0.366 e. The number of fused-ring (bicyclic) bond motifs is 1. The van der Waals surface area contributed by atoms with Crippen LogP contribution in [0.15, 0.2) is 60.9 Å². The van der Waals surface area contributed by atoms with Gasteiger partial charge in [-0.25, -0.2) is 13.9 Å². The zero-order valence-corrected chi connectivity index (χ0v) is 19.1. The second-order valence-corrected chi connectivity index (χ2v) is 8.57. The number of piperazine rings is 1. The van der Waals surface area contributed by atoms with Crippen LogP contribution in [0.1, 0.15) is 18.1 Å². The van der Waals surface area contributed by atoms with Gasteiger partial charge in [0.05, 0.1) is 11.7 Å². The molecule has 1 aliphatic heterocycles. The van der Waals surface area contributed by atoms with Crippen molar-refractivity contribution in [2.24, 2.45) is 0 Å². The van der Waals surface area contributed by atoms with E-state index < -0.39 is 0 Å². The van der Waals surface area contributed by atoms with Crippen molar-refractivity contribution in [3.05, 3.63) is 77.9 Å².